The van der Waals surface area contributed by atoms with Crippen LogP contribution in [0.1, 0.15) is 12.5 Å². The fourth-order valence-corrected chi connectivity index (χ4v) is 2.98. The number of hydrazine groups is 1. The highest BCUT2D eigenvalue weighted by atomic mass is 32.2. The van der Waals surface area contributed by atoms with Crippen molar-refractivity contribution in [3.8, 4) is 0 Å². The van der Waals surface area contributed by atoms with E-state index < -0.39 is 55.2 Å². The van der Waals surface area contributed by atoms with Gasteiger partial charge in [-0.1, -0.05) is 17.7 Å². The van der Waals surface area contributed by atoms with Crippen LogP contribution in [-0.2, 0) is 10.0 Å². The lowest BCUT2D eigenvalue weighted by molar-refractivity contribution is -0.341. The summed E-state index contributed by atoms with van der Waals surface area (Å²) in [5.74, 6) is 0. The Morgan fingerprint density at radius 1 is 1.04 bits per heavy atom. The van der Waals surface area contributed by atoms with Gasteiger partial charge in [-0.05, 0) is 26.0 Å². The van der Waals surface area contributed by atoms with Gasteiger partial charge in [-0.3, -0.25) is 0 Å². The summed E-state index contributed by atoms with van der Waals surface area (Å²) < 4.78 is 104. The zero-order valence-electron chi connectivity index (χ0n) is 13.7. The lowest BCUT2D eigenvalue weighted by Crippen LogP contribution is -2.68. The Morgan fingerprint density at radius 2 is 1.46 bits per heavy atom. The Bertz CT molecular complexity index is 777. The fraction of sp³-hybridized carbons (Fsp3) is 0.462. The number of aryl methyl sites for hydroxylation is 1. The summed E-state index contributed by atoms with van der Waals surface area (Å²) in [5.41, 5.74) is -0.0616. The number of hydrogen-bond acceptors (Lipinski definition) is 3. The second-order valence-electron chi connectivity index (χ2n) is 5.44. The van der Waals surface area contributed by atoms with E-state index in [2.05, 4.69) is 5.73 Å². The molecule has 2 N–H and O–H groups in total. The van der Waals surface area contributed by atoms with Crippen LogP contribution >= 0.6 is 0 Å². The third kappa shape index (κ3) is 3.58. The van der Waals surface area contributed by atoms with Crippen molar-refractivity contribution in [3.05, 3.63) is 29.8 Å². The summed E-state index contributed by atoms with van der Waals surface area (Å²) in [6.07, 6.45) is -6.13. The minimum atomic E-state index is -6.13. The molecule has 0 spiro atoms. The number of carbonyl (C=O) groups is 1. The van der Waals surface area contributed by atoms with E-state index in [-0.39, 0.29) is 0 Å². The zero-order valence-corrected chi connectivity index (χ0v) is 14.5. The Morgan fingerprint density at radius 3 is 1.81 bits per heavy atom. The van der Waals surface area contributed by atoms with Crippen molar-refractivity contribution in [2.24, 2.45) is 5.73 Å². The second kappa shape index (κ2) is 6.61. The molecular weight excluding hydrogens is 392 g/mol. The smallest absolute Gasteiger partial charge is 0.350 e. The molecular formula is C13H15F6N3O3S. The van der Waals surface area contributed by atoms with Crippen LogP contribution in [0.15, 0.2) is 29.2 Å². The van der Waals surface area contributed by atoms with Gasteiger partial charge >= 0.3 is 18.3 Å². The lowest BCUT2D eigenvalue weighted by Gasteiger charge is -2.41. The lowest BCUT2D eigenvalue weighted by atomic mass is 10.1. The molecule has 148 valence electrons. The van der Waals surface area contributed by atoms with Crippen molar-refractivity contribution in [3.63, 3.8) is 0 Å². The number of nitrogens with two attached hydrogens (primary N) is 1. The molecule has 0 heterocycles. The van der Waals surface area contributed by atoms with E-state index in [1.165, 1.54) is 12.1 Å². The topological polar surface area (TPSA) is 83.7 Å². The van der Waals surface area contributed by atoms with E-state index in [1.54, 1.807) is 6.92 Å². The number of hydrogen-bond donors (Lipinski definition) is 1. The number of carbonyl (C=O) groups excluding carboxylic acids is 1. The Kier molecular flexibility index (Phi) is 5.60. The molecule has 1 aromatic carbocycles. The number of urea groups is 1. The average Bonchev–Trinajstić information content (AvgIpc) is 2.45. The van der Waals surface area contributed by atoms with Gasteiger partial charge < -0.3 is 5.73 Å². The third-order valence-electron chi connectivity index (χ3n) is 3.52. The maximum Gasteiger partial charge on any atom is 0.430 e. The molecule has 0 saturated carbocycles. The van der Waals surface area contributed by atoms with Crippen molar-refractivity contribution >= 4 is 16.1 Å². The van der Waals surface area contributed by atoms with E-state index in [1.807, 2.05) is 0 Å². The van der Waals surface area contributed by atoms with Gasteiger partial charge in [-0.25, -0.2) is 17.6 Å². The predicted molar refractivity (Wildman–Crippen MR) is 78.1 cm³/mol. The molecule has 2 amide bonds. The molecule has 0 aliphatic carbocycles. The highest BCUT2D eigenvalue weighted by molar-refractivity contribution is 7.89. The van der Waals surface area contributed by atoms with E-state index in [4.69, 9.17) is 0 Å². The number of amides is 2. The molecule has 13 heteroatoms. The molecule has 0 aromatic heterocycles. The van der Waals surface area contributed by atoms with Crippen molar-refractivity contribution in [2.75, 3.05) is 7.05 Å². The first-order valence-corrected chi connectivity index (χ1v) is 8.20. The Hall–Kier alpha value is -2.02. The third-order valence-corrected chi connectivity index (χ3v) is 5.25. The first kappa shape index (κ1) is 22.0. The van der Waals surface area contributed by atoms with Gasteiger partial charge in [-0.2, -0.15) is 27.0 Å². The van der Waals surface area contributed by atoms with Crippen LogP contribution in [0.5, 0.6) is 0 Å². The molecule has 0 fully saturated rings. The van der Waals surface area contributed by atoms with Gasteiger partial charge in [0, 0.05) is 7.05 Å². The summed E-state index contributed by atoms with van der Waals surface area (Å²) in [7, 11) is -4.60. The van der Waals surface area contributed by atoms with E-state index >= 15 is 0 Å². The summed E-state index contributed by atoms with van der Waals surface area (Å²) in [6.45, 7) is 1.05. The predicted octanol–water partition coefficient (Wildman–Crippen LogP) is 2.79. The van der Waals surface area contributed by atoms with Crippen LogP contribution in [0.25, 0.3) is 0 Å². The van der Waals surface area contributed by atoms with Crippen LogP contribution in [0, 0.1) is 6.92 Å². The molecule has 0 radical (unpaired) electrons. The number of benzene rings is 1. The van der Waals surface area contributed by atoms with Crippen LogP contribution < -0.4 is 5.73 Å². The largest absolute Gasteiger partial charge is 0.430 e. The standard InChI is InChI=1S/C13H15F6N3O3S/c1-8-4-6-9(7-5-8)26(24,25)21(3)22(10(20)23)13(18,19)11(2,14)12(15,16)17/h4-7H,1-3H3,(H2,20,23). The van der Waals surface area contributed by atoms with Gasteiger partial charge in [-0.15, -0.1) is 4.41 Å². The van der Waals surface area contributed by atoms with Gasteiger partial charge in [0.05, 0.1) is 4.90 Å². The van der Waals surface area contributed by atoms with E-state index in [0.29, 0.717) is 12.6 Å². The fourth-order valence-electron chi connectivity index (χ4n) is 1.79. The maximum atomic E-state index is 14.2. The van der Waals surface area contributed by atoms with Crippen molar-refractivity contribution in [1.29, 1.82) is 0 Å². The molecule has 0 aliphatic heterocycles. The molecule has 1 aromatic rings. The van der Waals surface area contributed by atoms with Gasteiger partial charge in [0.1, 0.15) is 0 Å². The molecule has 0 saturated heterocycles. The molecule has 1 unspecified atom stereocenters. The minimum Gasteiger partial charge on any atom is -0.350 e. The SMILES string of the molecule is Cc1ccc(S(=O)(=O)N(C)N(C(N)=O)C(F)(F)C(C)(F)C(F)(F)F)cc1. The number of halogens is 6. The van der Waals surface area contributed by atoms with Gasteiger partial charge in [0.15, 0.2) is 0 Å². The normalized spacial score (nSPS) is 15.6. The highest BCUT2D eigenvalue weighted by Gasteiger charge is 2.72. The monoisotopic (exact) mass is 407 g/mol. The molecule has 0 bridgehead atoms. The maximum absolute atomic E-state index is 14.2. The average molecular weight is 407 g/mol. The van der Waals surface area contributed by atoms with Crippen LogP contribution in [0.2, 0.25) is 0 Å². The van der Waals surface area contributed by atoms with E-state index in [9.17, 15) is 39.6 Å². The number of primary amides is 1. The molecule has 0 aliphatic rings. The van der Waals surface area contributed by atoms with Crippen molar-refractivity contribution in [2.45, 2.75) is 36.6 Å². The molecule has 6 nitrogen and oxygen atoms in total. The van der Waals surface area contributed by atoms with E-state index in [0.717, 1.165) is 12.1 Å². The Balaban J connectivity index is 3.50. The number of nitrogens with zero attached hydrogens (tertiary/aromatic N) is 2. The first-order valence-electron chi connectivity index (χ1n) is 6.76. The van der Waals surface area contributed by atoms with Crippen LogP contribution in [0.4, 0.5) is 31.1 Å². The highest BCUT2D eigenvalue weighted by Crippen LogP contribution is 2.47. The second-order valence-corrected chi connectivity index (χ2v) is 7.39. The van der Waals surface area contributed by atoms with Gasteiger partial charge in [0.2, 0.25) is 0 Å². The van der Waals surface area contributed by atoms with Gasteiger partial charge in [0.25, 0.3) is 15.7 Å². The number of rotatable bonds is 5. The van der Waals surface area contributed by atoms with Crippen LogP contribution in [-0.4, -0.2) is 48.8 Å². The molecule has 26 heavy (non-hydrogen) atoms. The summed E-state index contributed by atoms with van der Waals surface area (Å²) in [6, 6.07) is -3.47. The number of alkyl halides is 6. The molecule has 1 atom stereocenters. The zero-order chi connectivity index (χ0) is 20.7. The summed E-state index contributed by atoms with van der Waals surface area (Å²) in [5, 5.41) is -1.28. The first-order chi connectivity index (χ1) is 11.5. The molecule has 1 rings (SSSR count). The summed E-state index contributed by atoms with van der Waals surface area (Å²) in [4.78, 5) is 10.7. The van der Waals surface area contributed by atoms with Crippen molar-refractivity contribution < 1.29 is 39.6 Å². The van der Waals surface area contributed by atoms with Crippen molar-refractivity contribution in [1.82, 2.24) is 9.42 Å². The quantitative estimate of drug-likeness (QED) is 0.463. The number of sulfonamides is 1. The van der Waals surface area contributed by atoms with Crippen LogP contribution in [0.3, 0.4) is 0 Å². The minimum absolute atomic E-state index is 0.348. The Labute approximate surface area is 145 Å². The summed E-state index contributed by atoms with van der Waals surface area (Å²) >= 11 is 0.